The second-order valence-electron chi connectivity index (χ2n) is 6.02. The van der Waals surface area contributed by atoms with Crippen LogP contribution >= 0.6 is 0 Å². The molecular formula is C17H18N2O2. The van der Waals surface area contributed by atoms with E-state index in [0.29, 0.717) is 6.54 Å². The molecule has 0 spiro atoms. The summed E-state index contributed by atoms with van der Waals surface area (Å²) in [4.78, 5) is 19.0. The molecule has 0 bridgehead atoms. The minimum absolute atomic E-state index is 0.0441. The zero-order chi connectivity index (χ0) is 14.4. The van der Waals surface area contributed by atoms with Crippen LogP contribution in [0.1, 0.15) is 41.6 Å². The summed E-state index contributed by atoms with van der Waals surface area (Å²) in [5, 5.41) is 11.3. The molecule has 2 heterocycles. The lowest BCUT2D eigenvalue weighted by Crippen LogP contribution is -2.45. The summed E-state index contributed by atoms with van der Waals surface area (Å²) in [5.74, 6) is 0.0449. The number of aliphatic hydroxyl groups excluding tert-OH is 1. The quantitative estimate of drug-likeness (QED) is 0.874. The van der Waals surface area contributed by atoms with Gasteiger partial charge in [0.1, 0.15) is 0 Å². The number of aromatic nitrogens is 1. The summed E-state index contributed by atoms with van der Waals surface area (Å²) in [7, 11) is 0. The number of aliphatic hydroxyl groups is 1. The smallest absolute Gasteiger partial charge is 0.254 e. The second-order valence-corrected chi connectivity index (χ2v) is 6.02. The number of pyridine rings is 1. The van der Waals surface area contributed by atoms with Crippen molar-refractivity contribution < 1.29 is 9.90 Å². The maximum atomic E-state index is 12.7. The highest BCUT2D eigenvalue weighted by Gasteiger charge is 2.38. The Labute approximate surface area is 123 Å². The molecule has 4 nitrogen and oxygen atoms in total. The van der Waals surface area contributed by atoms with E-state index in [2.05, 4.69) is 4.98 Å². The molecule has 108 valence electrons. The van der Waals surface area contributed by atoms with Crippen LogP contribution in [0.2, 0.25) is 0 Å². The average molecular weight is 282 g/mol. The van der Waals surface area contributed by atoms with E-state index in [1.54, 1.807) is 6.20 Å². The number of benzene rings is 1. The first kappa shape index (κ1) is 12.8. The molecule has 2 atom stereocenters. The van der Waals surface area contributed by atoms with Crippen molar-refractivity contribution in [1.29, 1.82) is 0 Å². The minimum Gasteiger partial charge on any atom is -0.391 e. The van der Waals surface area contributed by atoms with Crippen molar-refractivity contribution >= 4 is 16.8 Å². The molecule has 2 aromatic rings. The van der Waals surface area contributed by atoms with Crippen LogP contribution in [-0.4, -0.2) is 33.0 Å². The summed E-state index contributed by atoms with van der Waals surface area (Å²) in [6, 6.07) is 7.74. The first-order valence-electron chi connectivity index (χ1n) is 7.61. The molecule has 0 radical (unpaired) electrons. The summed E-state index contributed by atoms with van der Waals surface area (Å²) in [5.41, 5.74) is 2.67. The van der Waals surface area contributed by atoms with Crippen LogP contribution in [0.15, 0.2) is 30.5 Å². The van der Waals surface area contributed by atoms with Crippen LogP contribution in [0.4, 0.5) is 0 Å². The van der Waals surface area contributed by atoms with Gasteiger partial charge in [0.15, 0.2) is 0 Å². The van der Waals surface area contributed by atoms with Gasteiger partial charge < -0.3 is 10.0 Å². The first-order valence-corrected chi connectivity index (χ1v) is 7.61. The predicted octanol–water partition coefficient (Wildman–Crippen LogP) is 2.49. The maximum absolute atomic E-state index is 12.7. The summed E-state index contributed by atoms with van der Waals surface area (Å²) in [6.07, 6.45) is 5.20. The molecule has 21 heavy (non-hydrogen) atoms. The third kappa shape index (κ3) is 1.94. The Morgan fingerprint density at radius 2 is 2.05 bits per heavy atom. The standard InChI is InChI=1S/C17H18N2O2/c20-15-6-2-1-5-14(15)19-10-13-12(17(19)21)8-7-11-4-3-9-18-16(11)13/h3-4,7-9,14-15,20H,1-2,5-6,10H2/t14-,15-/m0/s1. The third-order valence-electron chi connectivity index (χ3n) is 4.79. The van der Waals surface area contributed by atoms with Crippen LogP contribution in [0, 0.1) is 0 Å². The van der Waals surface area contributed by atoms with E-state index < -0.39 is 6.10 Å². The highest BCUT2D eigenvalue weighted by atomic mass is 16.3. The van der Waals surface area contributed by atoms with Crippen molar-refractivity contribution in [1.82, 2.24) is 9.88 Å². The van der Waals surface area contributed by atoms with Gasteiger partial charge in [0, 0.05) is 29.3 Å². The van der Waals surface area contributed by atoms with E-state index in [1.807, 2.05) is 29.2 Å². The molecule has 1 saturated carbocycles. The summed E-state index contributed by atoms with van der Waals surface area (Å²) in [6.45, 7) is 0.574. The molecule has 1 aromatic heterocycles. The van der Waals surface area contributed by atoms with E-state index in [9.17, 15) is 9.90 Å². The van der Waals surface area contributed by atoms with Crippen molar-refractivity contribution in [2.75, 3.05) is 0 Å². The van der Waals surface area contributed by atoms with E-state index >= 15 is 0 Å². The highest BCUT2D eigenvalue weighted by Crippen LogP contribution is 2.34. The molecule has 4 rings (SSSR count). The first-order chi connectivity index (χ1) is 10.3. The van der Waals surface area contributed by atoms with Gasteiger partial charge in [0.25, 0.3) is 5.91 Å². The Balaban J connectivity index is 1.75. The number of nitrogens with zero attached hydrogens (tertiary/aromatic N) is 2. The molecule has 1 aliphatic carbocycles. The fourth-order valence-corrected chi connectivity index (χ4v) is 3.69. The molecule has 4 heteroatoms. The highest BCUT2D eigenvalue weighted by molar-refractivity contribution is 6.03. The number of rotatable bonds is 1. The average Bonchev–Trinajstić information content (AvgIpc) is 2.85. The molecule has 0 saturated heterocycles. The van der Waals surface area contributed by atoms with Crippen LogP contribution < -0.4 is 0 Å². The lowest BCUT2D eigenvalue weighted by Gasteiger charge is -2.35. The fraction of sp³-hybridized carbons (Fsp3) is 0.412. The number of carbonyl (C=O) groups excluding carboxylic acids is 1. The molecule has 1 aliphatic heterocycles. The molecular weight excluding hydrogens is 264 g/mol. The van der Waals surface area contributed by atoms with Crippen LogP contribution in [0.5, 0.6) is 0 Å². The number of fused-ring (bicyclic) bond motifs is 3. The van der Waals surface area contributed by atoms with E-state index in [-0.39, 0.29) is 11.9 Å². The van der Waals surface area contributed by atoms with Crippen molar-refractivity contribution in [3.63, 3.8) is 0 Å². The van der Waals surface area contributed by atoms with E-state index in [0.717, 1.165) is 47.7 Å². The largest absolute Gasteiger partial charge is 0.391 e. The Hall–Kier alpha value is -1.94. The van der Waals surface area contributed by atoms with Crippen LogP contribution in [-0.2, 0) is 6.54 Å². The van der Waals surface area contributed by atoms with Crippen molar-refractivity contribution in [2.45, 2.75) is 44.4 Å². The van der Waals surface area contributed by atoms with Gasteiger partial charge in [-0.2, -0.15) is 0 Å². The topological polar surface area (TPSA) is 53.4 Å². The summed E-state index contributed by atoms with van der Waals surface area (Å²) >= 11 is 0. The molecule has 1 fully saturated rings. The van der Waals surface area contributed by atoms with Gasteiger partial charge in [-0.25, -0.2) is 0 Å². The van der Waals surface area contributed by atoms with Gasteiger partial charge >= 0.3 is 0 Å². The van der Waals surface area contributed by atoms with E-state index in [1.165, 1.54) is 0 Å². The van der Waals surface area contributed by atoms with E-state index in [4.69, 9.17) is 0 Å². The Morgan fingerprint density at radius 3 is 2.90 bits per heavy atom. The number of hydrogen-bond donors (Lipinski definition) is 1. The van der Waals surface area contributed by atoms with Crippen LogP contribution in [0.25, 0.3) is 10.9 Å². The monoisotopic (exact) mass is 282 g/mol. The van der Waals surface area contributed by atoms with Gasteiger partial charge in [-0.15, -0.1) is 0 Å². The molecule has 2 aliphatic rings. The number of carbonyl (C=O) groups is 1. The van der Waals surface area contributed by atoms with Gasteiger partial charge in [-0.1, -0.05) is 25.0 Å². The van der Waals surface area contributed by atoms with Crippen molar-refractivity contribution in [2.24, 2.45) is 0 Å². The van der Waals surface area contributed by atoms with Crippen molar-refractivity contribution in [3.8, 4) is 0 Å². The second kappa shape index (κ2) is 4.81. The Bertz CT molecular complexity index is 713. The Kier molecular flexibility index (Phi) is 2.93. The number of hydrogen-bond acceptors (Lipinski definition) is 3. The zero-order valence-corrected chi connectivity index (χ0v) is 11.8. The minimum atomic E-state index is -0.392. The SMILES string of the molecule is O=C1c2ccc3cccnc3c2CN1[C@H]1CCCC[C@@H]1O. The number of amides is 1. The van der Waals surface area contributed by atoms with Gasteiger partial charge in [-0.05, 0) is 25.0 Å². The third-order valence-corrected chi connectivity index (χ3v) is 4.79. The molecule has 1 amide bonds. The lowest BCUT2D eigenvalue weighted by molar-refractivity contribution is 0.0192. The normalized spacial score (nSPS) is 25.4. The van der Waals surface area contributed by atoms with Gasteiger partial charge in [-0.3, -0.25) is 9.78 Å². The van der Waals surface area contributed by atoms with Gasteiger partial charge in [0.05, 0.1) is 17.7 Å². The summed E-state index contributed by atoms with van der Waals surface area (Å²) < 4.78 is 0. The zero-order valence-electron chi connectivity index (χ0n) is 11.8. The van der Waals surface area contributed by atoms with Crippen molar-refractivity contribution in [3.05, 3.63) is 41.6 Å². The molecule has 0 unspecified atom stereocenters. The fourth-order valence-electron chi connectivity index (χ4n) is 3.69. The Morgan fingerprint density at radius 1 is 1.19 bits per heavy atom. The van der Waals surface area contributed by atoms with Crippen LogP contribution in [0.3, 0.4) is 0 Å². The van der Waals surface area contributed by atoms with Gasteiger partial charge in [0.2, 0.25) is 0 Å². The molecule has 1 aromatic carbocycles. The molecule has 1 N–H and O–H groups in total. The maximum Gasteiger partial charge on any atom is 0.254 e. The predicted molar refractivity (Wildman–Crippen MR) is 79.9 cm³/mol. The lowest BCUT2D eigenvalue weighted by atomic mass is 9.91.